The van der Waals surface area contributed by atoms with Crippen LogP contribution in [0.25, 0.3) is 0 Å². The Bertz CT molecular complexity index is 662. The summed E-state index contributed by atoms with van der Waals surface area (Å²) in [5.74, 6) is -0.384. The molecule has 0 aliphatic heterocycles. The van der Waals surface area contributed by atoms with Crippen molar-refractivity contribution in [1.82, 2.24) is 10.3 Å². The van der Waals surface area contributed by atoms with E-state index >= 15 is 0 Å². The molecule has 0 atom stereocenters. The molecule has 0 saturated heterocycles. The summed E-state index contributed by atoms with van der Waals surface area (Å²) in [6.45, 7) is 0.395. The number of hydrogen-bond acceptors (Lipinski definition) is 4. The van der Waals surface area contributed by atoms with Crippen molar-refractivity contribution in [2.24, 2.45) is 0 Å². The van der Waals surface area contributed by atoms with Gasteiger partial charge in [-0.3, -0.25) is 19.9 Å². The van der Waals surface area contributed by atoms with Crippen molar-refractivity contribution in [3.05, 3.63) is 69.0 Å². The lowest BCUT2D eigenvalue weighted by molar-refractivity contribution is -0.384. The number of aromatic nitrogens is 1. The van der Waals surface area contributed by atoms with Crippen LogP contribution in [0.1, 0.15) is 16.1 Å². The first-order valence-corrected chi connectivity index (χ1v) is 6.58. The van der Waals surface area contributed by atoms with Crippen LogP contribution in [0.5, 0.6) is 0 Å². The molecule has 0 saturated carbocycles. The molecule has 6 nitrogen and oxygen atoms in total. The van der Waals surface area contributed by atoms with Crippen LogP contribution in [-0.4, -0.2) is 22.4 Å². The minimum atomic E-state index is -0.618. The van der Waals surface area contributed by atoms with Gasteiger partial charge in [-0.2, -0.15) is 0 Å². The van der Waals surface area contributed by atoms with Gasteiger partial charge >= 0.3 is 0 Å². The highest BCUT2D eigenvalue weighted by Crippen LogP contribution is 2.24. The molecule has 108 valence electrons. The Morgan fingerprint density at radius 3 is 2.81 bits per heavy atom. The molecule has 0 aliphatic carbocycles. The molecule has 0 bridgehead atoms. The largest absolute Gasteiger partial charge is 0.352 e. The second kappa shape index (κ2) is 6.81. The fourth-order valence-corrected chi connectivity index (χ4v) is 1.93. The summed E-state index contributed by atoms with van der Waals surface area (Å²) < 4.78 is 0. The number of nitro benzene ring substituents is 1. The van der Waals surface area contributed by atoms with Gasteiger partial charge in [-0.1, -0.05) is 17.7 Å². The van der Waals surface area contributed by atoms with E-state index in [1.807, 2.05) is 18.2 Å². The van der Waals surface area contributed by atoms with E-state index in [1.54, 1.807) is 6.20 Å². The van der Waals surface area contributed by atoms with Crippen LogP contribution in [0, 0.1) is 10.1 Å². The topological polar surface area (TPSA) is 85.1 Å². The highest BCUT2D eigenvalue weighted by molar-refractivity contribution is 6.32. The first kappa shape index (κ1) is 14.9. The monoisotopic (exact) mass is 305 g/mol. The van der Waals surface area contributed by atoms with E-state index in [4.69, 9.17) is 11.6 Å². The summed E-state index contributed by atoms with van der Waals surface area (Å²) in [6.07, 6.45) is 2.27. The summed E-state index contributed by atoms with van der Waals surface area (Å²) >= 11 is 5.70. The summed E-state index contributed by atoms with van der Waals surface area (Å²) in [5.41, 5.74) is 0.779. The van der Waals surface area contributed by atoms with Crippen LogP contribution in [-0.2, 0) is 6.42 Å². The zero-order chi connectivity index (χ0) is 15.2. The van der Waals surface area contributed by atoms with E-state index in [2.05, 4.69) is 10.3 Å². The van der Waals surface area contributed by atoms with Crippen LogP contribution >= 0.6 is 11.6 Å². The van der Waals surface area contributed by atoms with Gasteiger partial charge in [0.25, 0.3) is 11.6 Å². The first-order valence-electron chi connectivity index (χ1n) is 6.20. The van der Waals surface area contributed by atoms with E-state index in [9.17, 15) is 14.9 Å². The molecule has 0 spiro atoms. The van der Waals surface area contributed by atoms with Gasteiger partial charge in [0.05, 0.1) is 4.92 Å². The van der Waals surface area contributed by atoms with E-state index in [0.717, 1.165) is 5.69 Å². The summed E-state index contributed by atoms with van der Waals surface area (Å²) in [7, 11) is 0. The van der Waals surface area contributed by atoms with E-state index in [0.29, 0.717) is 13.0 Å². The molecule has 1 aromatic carbocycles. The maximum atomic E-state index is 11.9. The molecule has 1 aromatic heterocycles. The van der Waals surface area contributed by atoms with Gasteiger partial charge in [0, 0.05) is 36.5 Å². The molecular weight excluding hydrogens is 294 g/mol. The second-order valence-electron chi connectivity index (χ2n) is 4.25. The number of halogens is 1. The number of amides is 1. The van der Waals surface area contributed by atoms with Gasteiger partial charge in [0.1, 0.15) is 5.02 Å². The highest BCUT2D eigenvalue weighted by Gasteiger charge is 2.15. The third kappa shape index (κ3) is 4.00. The fourth-order valence-electron chi connectivity index (χ4n) is 1.75. The normalized spacial score (nSPS) is 10.1. The molecule has 2 aromatic rings. The van der Waals surface area contributed by atoms with Crippen LogP contribution in [0.4, 0.5) is 5.69 Å². The lowest BCUT2D eigenvalue weighted by Gasteiger charge is -2.05. The number of nitrogens with one attached hydrogen (secondary N) is 1. The second-order valence-corrected chi connectivity index (χ2v) is 4.66. The summed E-state index contributed by atoms with van der Waals surface area (Å²) in [6, 6.07) is 9.50. The predicted octanol–water partition coefficient (Wildman–Crippen LogP) is 2.62. The molecule has 7 heteroatoms. The van der Waals surface area contributed by atoms with Crippen molar-refractivity contribution in [2.45, 2.75) is 6.42 Å². The Kier molecular flexibility index (Phi) is 4.84. The molecule has 0 aliphatic rings. The zero-order valence-electron chi connectivity index (χ0n) is 11.0. The standard InChI is InChI=1S/C14H12ClN3O3/c15-12-5-4-10(9-13(12)18(20)21)14(19)17-8-6-11-3-1-2-7-16-11/h1-5,7,9H,6,8H2,(H,17,19). The highest BCUT2D eigenvalue weighted by atomic mass is 35.5. The van der Waals surface area contributed by atoms with Crippen LogP contribution in [0.3, 0.4) is 0 Å². The third-order valence-corrected chi connectivity index (χ3v) is 3.12. The van der Waals surface area contributed by atoms with Crippen LogP contribution in [0.2, 0.25) is 5.02 Å². The molecule has 0 fully saturated rings. The molecule has 0 radical (unpaired) electrons. The van der Waals surface area contributed by atoms with Crippen molar-refractivity contribution in [3.8, 4) is 0 Å². The van der Waals surface area contributed by atoms with Gasteiger partial charge in [0.15, 0.2) is 0 Å². The molecule has 21 heavy (non-hydrogen) atoms. The lowest BCUT2D eigenvalue weighted by atomic mass is 10.2. The van der Waals surface area contributed by atoms with Gasteiger partial charge < -0.3 is 5.32 Å². The Hall–Kier alpha value is -2.47. The van der Waals surface area contributed by atoms with Gasteiger partial charge in [-0.15, -0.1) is 0 Å². The maximum absolute atomic E-state index is 11.9. The number of benzene rings is 1. The average Bonchev–Trinajstić information content (AvgIpc) is 2.48. The van der Waals surface area contributed by atoms with Crippen molar-refractivity contribution in [1.29, 1.82) is 0 Å². The quantitative estimate of drug-likeness (QED) is 0.679. The number of nitro groups is 1. The Balaban J connectivity index is 1.97. The summed E-state index contributed by atoms with van der Waals surface area (Å²) in [4.78, 5) is 26.2. The Morgan fingerprint density at radius 1 is 1.33 bits per heavy atom. The maximum Gasteiger partial charge on any atom is 0.288 e. The van der Waals surface area contributed by atoms with E-state index in [1.165, 1.54) is 18.2 Å². The number of nitrogens with zero attached hydrogens (tertiary/aromatic N) is 2. The minimum absolute atomic E-state index is 0.00466. The number of carbonyl (C=O) groups excluding carboxylic acids is 1. The number of hydrogen-bond donors (Lipinski definition) is 1. The fraction of sp³-hybridized carbons (Fsp3) is 0.143. The average molecular weight is 306 g/mol. The van der Waals surface area contributed by atoms with Crippen molar-refractivity contribution < 1.29 is 9.72 Å². The molecule has 0 unspecified atom stereocenters. The molecule has 1 amide bonds. The smallest absolute Gasteiger partial charge is 0.288 e. The Morgan fingerprint density at radius 2 is 2.14 bits per heavy atom. The number of pyridine rings is 1. The van der Waals surface area contributed by atoms with Crippen molar-refractivity contribution >= 4 is 23.2 Å². The van der Waals surface area contributed by atoms with Crippen molar-refractivity contribution in [2.75, 3.05) is 6.54 Å². The summed E-state index contributed by atoms with van der Waals surface area (Å²) in [5, 5.41) is 13.5. The van der Waals surface area contributed by atoms with E-state index in [-0.39, 0.29) is 22.2 Å². The minimum Gasteiger partial charge on any atom is -0.352 e. The number of rotatable bonds is 5. The van der Waals surface area contributed by atoms with Crippen molar-refractivity contribution in [3.63, 3.8) is 0 Å². The van der Waals surface area contributed by atoms with E-state index < -0.39 is 4.92 Å². The Labute approximate surface area is 125 Å². The predicted molar refractivity (Wildman–Crippen MR) is 78.4 cm³/mol. The van der Waals surface area contributed by atoms with Gasteiger partial charge in [-0.25, -0.2) is 0 Å². The number of carbonyl (C=O) groups is 1. The molecule has 1 N–H and O–H groups in total. The molecular formula is C14H12ClN3O3. The molecule has 2 rings (SSSR count). The van der Waals surface area contributed by atoms with Crippen LogP contribution < -0.4 is 5.32 Å². The molecule has 1 heterocycles. The zero-order valence-corrected chi connectivity index (χ0v) is 11.7. The van der Waals surface area contributed by atoms with Gasteiger partial charge in [0.2, 0.25) is 0 Å². The van der Waals surface area contributed by atoms with Gasteiger partial charge in [-0.05, 0) is 24.3 Å². The van der Waals surface area contributed by atoms with Crippen LogP contribution in [0.15, 0.2) is 42.6 Å². The lowest BCUT2D eigenvalue weighted by Crippen LogP contribution is -2.25. The SMILES string of the molecule is O=C(NCCc1ccccn1)c1ccc(Cl)c([N+](=O)[O-])c1. The third-order valence-electron chi connectivity index (χ3n) is 2.80. The first-order chi connectivity index (χ1) is 10.1.